The molecule has 2 rings (SSSR count). The van der Waals surface area contributed by atoms with Gasteiger partial charge >= 0.3 is 0 Å². The van der Waals surface area contributed by atoms with E-state index in [-0.39, 0.29) is 30.5 Å². The average molecular weight is 343 g/mol. The lowest BCUT2D eigenvalue weighted by atomic mass is 10.2. The lowest BCUT2D eigenvalue weighted by molar-refractivity contribution is -0.131. The normalized spacial score (nSPS) is 20.0. The highest BCUT2D eigenvalue weighted by molar-refractivity contribution is 5.85. The van der Waals surface area contributed by atoms with Gasteiger partial charge in [0.05, 0.1) is 12.7 Å². The molecule has 6 heteroatoms. The van der Waals surface area contributed by atoms with E-state index in [9.17, 15) is 4.79 Å². The van der Waals surface area contributed by atoms with E-state index in [1.807, 2.05) is 18.2 Å². The van der Waals surface area contributed by atoms with Crippen LogP contribution in [0, 0.1) is 0 Å². The highest BCUT2D eigenvalue weighted by atomic mass is 35.5. The number of hydrogen-bond donors (Lipinski definition) is 2. The summed E-state index contributed by atoms with van der Waals surface area (Å²) in [7, 11) is 0. The summed E-state index contributed by atoms with van der Waals surface area (Å²) in [5.41, 5.74) is 6.81. The first kappa shape index (κ1) is 19.9. The molecule has 5 nitrogen and oxygen atoms in total. The van der Waals surface area contributed by atoms with Crippen molar-refractivity contribution in [3.63, 3.8) is 0 Å². The zero-order chi connectivity index (χ0) is 15.6. The maximum absolute atomic E-state index is 11.9. The van der Waals surface area contributed by atoms with Gasteiger partial charge in [0.25, 0.3) is 0 Å². The molecule has 1 heterocycles. The quantitative estimate of drug-likeness (QED) is 0.670. The van der Waals surface area contributed by atoms with Gasteiger partial charge in [0, 0.05) is 19.7 Å². The Morgan fingerprint density at radius 2 is 2.04 bits per heavy atom. The van der Waals surface area contributed by atoms with Gasteiger partial charge in [-0.2, -0.15) is 0 Å². The summed E-state index contributed by atoms with van der Waals surface area (Å²) >= 11 is 0. The number of carbonyl (C=O) groups is 1. The molecule has 0 spiro atoms. The molecular weight excluding hydrogens is 316 g/mol. The fourth-order valence-corrected chi connectivity index (χ4v) is 2.51. The van der Waals surface area contributed by atoms with Gasteiger partial charge in [0.15, 0.2) is 0 Å². The van der Waals surface area contributed by atoms with Crippen molar-refractivity contribution in [1.82, 2.24) is 5.32 Å². The minimum Gasteiger partial charge on any atom is -0.381 e. The number of rotatable bonds is 9. The number of nitrogens with two attached hydrogens (primary N) is 1. The fourth-order valence-electron chi connectivity index (χ4n) is 2.51. The van der Waals surface area contributed by atoms with Gasteiger partial charge < -0.3 is 20.5 Å². The van der Waals surface area contributed by atoms with Crippen LogP contribution in [0.2, 0.25) is 0 Å². The van der Waals surface area contributed by atoms with Gasteiger partial charge in [-0.1, -0.05) is 30.3 Å². The summed E-state index contributed by atoms with van der Waals surface area (Å²) in [5.74, 6) is -0.0276. The molecule has 2 atom stereocenters. The number of hydrogen-bond acceptors (Lipinski definition) is 4. The van der Waals surface area contributed by atoms with Crippen LogP contribution in [-0.4, -0.2) is 44.4 Å². The van der Waals surface area contributed by atoms with Gasteiger partial charge in [0.2, 0.25) is 5.91 Å². The summed E-state index contributed by atoms with van der Waals surface area (Å²) in [6.45, 7) is 2.47. The molecule has 0 aromatic heterocycles. The first-order valence-corrected chi connectivity index (χ1v) is 8.04. The Morgan fingerprint density at radius 1 is 1.26 bits per heavy atom. The molecule has 0 unspecified atom stereocenters. The van der Waals surface area contributed by atoms with E-state index in [1.165, 1.54) is 5.56 Å². The van der Waals surface area contributed by atoms with Crippen LogP contribution in [0.1, 0.15) is 24.8 Å². The number of amides is 1. The van der Waals surface area contributed by atoms with Crippen molar-refractivity contribution < 1.29 is 14.3 Å². The van der Waals surface area contributed by atoms with Crippen molar-refractivity contribution >= 4 is 18.3 Å². The summed E-state index contributed by atoms with van der Waals surface area (Å²) in [6.07, 6.45) is 3.08. The fraction of sp³-hybridized carbons (Fsp3) is 0.588. The summed E-state index contributed by atoms with van der Waals surface area (Å²) in [5, 5.41) is 2.89. The molecule has 1 amide bonds. The minimum absolute atomic E-state index is 0. The molecule has 1 aromatic carbocycles. The molecule has 130 valence electrons. The van der Waals surface area contributed by atoms with Crippen LogP contribution >= 0.6 is 12.4 Å². The highest BCUT2D eigenvalue weighted by Gasteiger charge is 2.29. The van der Waals surface area contributed by atoms with Crippen molar-refractivity contribution in [3.8, 4) is 0 Å². The maximum Gasteiger partial charge on any atom is 0.249 e. The second-order valence-corrected chi connectivity index (χ2v) is 5.55. The lowest BCUT2D eigenvalue weighted by Crippen LogP contribution is -2.36. The lowest BCUT2D eigenvalue weighted by Gasteiger charge is -2.12. The third-order valence-electron chi connectivity index (χ3n) is 3.81. The van der Waals surface area contributed by atoms with E-state index < -0.39 is 0 Å². The maximum atomic E-state index is 11.9. The molecule has 1 aliphatic heterocycles. The Hall–Kier alpha value is -1.14. The number of carbonyl (C=O) groups excluding carboxylic acids is 1. The number of halogens is 1. The zero-order valence-electron chi connectivity index (χ0n) is 13.4. The third kappa shape index (κ3) is 7.31. The molecule has 0 bridgehead atoms. The Balaban J connectivity index is 0.00000264. The van der Waals surface area contributed by atoms with Crippen LogP contribution in [0.4, 0.5) is 0 Å². The Morgan fingerprint density at radius 3 is 2.74 bits per heavy atom. The van der Waals surface area contributed by atoms with Crippen molar-refractivity contribution in [3.05, 3.63) is 35.9 Å². The van der Waals surface area contributed by atoms with Crippen LogP contribution in [0.25, 0.3) is 0 Å². The van der Waals surface area contributed by atoms with E-state index in [1.54, 1.807) is 0 Å². The standard InChI is InChI=1S/C17H26N2O3.ClH/c18-13-15-7-8-16(22-15)17(20)19-10-4-11-21-12-9-14-5-2-1-3-6-14;/h1-3,5-6,15-16H,4,7-13,18H2,(H,19,20);1H/t15-,16+;/m1./s1. The second kappa shape index (κ2) is 11.4. The van der Waals surface area contributed by atoms with E-state index in [4.69, 9.17) is 15.2 Å². The van der Waals surface area contributed by atoms with Gasteiger partial charge in [-0.05, 0) is 31.2 Å². The van der Waals surface area contributed by atoms with Crippen molar-refractivity contribution in [2.45, 2.75) is 37.9 Å². The van der Waals surface area contributed by atoms with Gasteiger partial charge in [-0.15, -0.1) is 12.4 Å². The number of benzene rings is 1. The van der Waals surface area contributed by atoms with Crippen molar-refractivity contribution in [2.24, 2.45) is 5.73 Å². The van der Waals surface area contributed by atoms with Crippen LogP contribution in [0.15, 0.2) is 30.3 Å². The van der Waals surface area contributed by atoms with Crippen LogP contribution in [0.3, 0.4) is 0 Å². The van der Waals surface area contributed by atoms with Crippen LogP contribution in [-0.2, 0) is 20.7 Å². The second-order valence-electron chi connectivity index (χ2n) is 5.55. The molecule has 0 radical (unpaired) electrons. The number of ether oxygens (including phenoxy) is 2. The molecule has 0 saturated carbocycles. The summed E-state index contributed by atoms with van der Waals surface area (Å²) in [6, 6.07) is 10.3. The molecule has 3 N–H and O–H groups in total. The van der Waals surface area contributed by atoms with Crippen LogP contribution in [0.5, 0.6) is 0 Å². The van der Waals surface area contributed by atoms with E-state index in [0.29, 0.717) is 26.3 Å². The first-order valence-electron chi connectivity index (χ1n) is 8.04. The van der Waals surface area contributed by atoms with Gasteiger partial charge in [-0.3, -0.25) is 4.79 Å². The highest BCUT2D eigenvalue weighted by Crippen LogP contribution is 2.18. The topological polar surface area (TPSA) is 73.6 Å². The minimum atomic E-state index is -0.326. The molecule has 1 fully saturated rings. The van der Waals surface area contributed by atoms with E-state index in [2.05, 4.69) is 17.4 Å². The third-order valence-corrected chi connectivity index (χ3v) is 3.81. The van der Waals surface area contributed by atoms with Gasteiger partial charge in [0.1, 0.15) is 6.10 Å². The Bertz CT molecular complexity index is 445. The Labute approximate surface area is 144 Å². The predicted molar refractivity (Wildman–Crippen MR) is 92.8 cm³/mol. The zero-order valence-corrected chi connectivity index (χ0v) is 14.2. The molecule has 23 heavy (non-hydrogen) atoms. The predicted octanol–water partition coefficient (Wildman–Crippen LogP) is 1.68. The van der Waals surface area contributed by atoms with Crippen molar-refractivity contribution in [1.29, 1.82) is 0 Å². The molecule has 0 aliphatic carbocycles. The first-order chi connectivity index (χ1) is 10.8. The SMILES string of the molecule is Cl.NC[C@H]1CC[C@@H](C(=O)NCCCOCCc2ccccc2)O1. The number of nitrogens with one attached hydrogen (secondary N) is 1. The molecule has 1 aromatic rings. The molecule has 1 saturated heterocycles. The molecule has 1 aliphatic rings. The smallest absolute Gasteiger partial charge is 0.249 e. The summed E-state index contributed by atoms with van der Waals surface area (Å²) < 4.78 is 11.1. The van der Waals surface area contributed by atoms with Gasteiger partial charge in [-0.25, -0.2) is 0 Å². The monoisotopic (exact) mass is 342 g/mol. The summed E-state index contributed by atoms with van der Waals surface area (Å²) in [4.78, 5) is 11.9. The van der Waals surface area contributed by atoms with E-state index in [0.717, 1.165) is 25.7 Å². The van der Waals surface area contributed by atoms with Crippen molar-refractivity contribution in [2.75, 3.05) is 26.3 Å². The molecular formula is C17H27ClN2O3. The Kier molecular flexibility index (Phi) is 9.87. The van der Waals surface area contributed by atoms with Crippen LogP contribution < -0.4 is 11.1 Å². The average Bonchev–Trinajstić information content (AvgIpc) is 3.04. The largest absolute Gasteiger partial charge is 0.381 e. The van der Waals surface area contributed by atoms with E-state index >= 15 is 0 Å².